The van der Waals surface area contributed by atoms with Gasteiger partial charge in [0.2, 0.25) is 0 Å². The Kier molecular flexibility index (Phi) is 4.26. The Morgan fingerprint density at radius 2 is 1.42 bits per heavy atom. The normalized spacial score (nSPS) is 18.5. The van der Waals surface area contributed by atoms with Crippen molar-refractivity contribution in [3.63, 3.8) is 0 Å². The van der Waals surface area contributed by atoms with Gasteiger partial charge >= 0.3 is 0 Å². The van der Waals surface area contributed by atoms with Gasteiger partial charge in [0.25, 0.3) is 0 Å². The molecule has 0 aromatic heterocycles. The summed E-state index contributed by atoms with van der Waals surface area (Å²) in [5, 5.41) is 0. The van der Waals surface area contributed by atoms with Crippen molar-refractivity contribution in [2.75, 3.05) is 0 Å². The van der Waals surface area contributed by atoms with Crippen LogP contribution in [0.1, 0.15) is 61.1 Å². The minimum atomic E-state index is -1.54. The van der Waals surface area contributed by atoms with Crippen LogP contribution < -0.4 is 0 Å². The van der Waals surface area contributed by atoms with Crippen LogP contribution in [0.2, 0.25) is 0 Å². The van der Waals surface area contributed by atoms with Gasteiger partial charge in [-0.05, 0) is 79.7 Å². The van der Waals surface area contributed by atoms with E-state index < -0.39 is 23.3 Å². The van der Waals surface area contributed by atoms with Crippen LogP contribution in [0, 0.1) is 40.5 Å². The number of benzene rings is 2. The van der Waals surface area contributed by atoms with E-state index in [4.69, 9.17) is 0 Å². The van der Waals surface area contributed by atoms with E-state index in [1.165, 1.54) is 31.7 Å². The number of hydrogen-bond donors (Lipinski definition) is 0. The highest BCUT2D eigenvalue weighted by Crippen LogP contribution is 2.58. The topological polar surface area (TPSA) is 0 Å². The van der Waals surface area contributed by atoms with E-state index in [0.29, 0.717) is 11.3 Å². The zero-order valence-corrected chi connectivity index (χ0v) is 14.2. The quantitative estimate of drug-likeness (QED) is 0.329. The van der Waals surface area contributed by atoms with Crippen molar-refractivity contribution >= 4 is 0 Å². The highest BCUT2D eigenvalue weighted by Gasteiger charge is 2.44. The smallest absolute Gasteiger partial charge is 0.194 e. The molecular weight excluding hydrogens is 340 g/mol. The fourth-order valence-electron chi connectivity index (χ4n) is 3.89. The predicted octanol–water partition coefficient (Wildman–Crippen LogP) is 6.08. The third kappa shape index (κ3) is 3.35. The summed E-state index contributed by atoms with van der Waals surface area (Å²) in [5.74, 6) is 0.860. The lowest BCUT2D eigenvalue weighted by molar-refractivity contribution is 0.305. The Balaban J connectivity index is 1.52. The van der Waals surface area contributed by atoms with Gasteiger partial charge in [0, 0.05) is 5.56 Å². The van der Waals surface area contributed by atoms with Gasteiger partial charge in [-0.1, -0.05) is 17.9 Å². The highest BCUT2D eigenvalue weighted by atomic mass is 19.2. The molecule has 2 aromatic carbocycles. The second kappa shape index (κ2) is 6.46. The third-order valence-corrected chi connectivity index (χ3v) is 5.79. The first-order valence-corrected chi connectivity index (χ1v) is 8.92. The largest absolute Gasteiger partial charge is 0.206 e. The maximum Gasteiger partial charge on any atom is 0.194 e. The van der Waals surface area contributed by atoms with Gasteiger partial charge in [-0.15, -0.1) is 0 Å². The Morgan fingerprint density at radius 3 is 2.00 bits per heavy atom. The molecule has 0 amide bonds. The average Bonchev–Trinajstić information content (AvgIpc) is 3.38. The maximum absolute atomic E-state index is 14.4. The minimum absolute atomic E-state index is 0.0353. The second-order valence-electron chi connectivity index (χ2n) is 7.52. The summed E-state index contributed by atoms with van der Waals surface area (Å²) in [4.78, 5) is 0. The lowest BCUT2D eigenvalue weighted by Gasteiger charge is -2.28. The molecule has 2 aromatic rings. The van der Waals surface area contributed by atoms with Gasteiger partial charge in [-0.2, -0.15) is 0 Å². The lowest BCUT2D eigenvalue weighted by atomic mass is 9.77. The van der Waals surface area contributed by atoms with Gasteiger partial charge in [0.05, 0.1) is 5.56 Å². The van der Waals surface area contributed by atoms with Crippen molar-refractivity contribution in [2.24, 2.45) is 5.41 Å². The standard InChI is InChI=1S/C22H18F4/c23-18-13-17(15-5-7-22(8-6-15)9-10-22)4-3-16(18)2-1-14-11-19(24)21(26)20(25)12-14/h3-4,11-13,15H,5-10H2. The molecule has 4 heteroatoms. The van der Waals surface area contributed by atoms with Crippen LogP contribution in [0.25, 0.3) is 0 Å². The van der Waals surface area contributed by atoms with Crippen LogP contribution in [0.4, 0.5) is 17.6 Å². The third-order valence-electron chi connectivity index (χ3n) is 5.79. The van der Waals surface area contributed by atoms with Crippen molar-refractivity contribution < 1.29 is 17.6 Å². The van der Waals surface area contributed by atoms with E-state index in [9.17, 15) is 17.6 Å². The van der Waals surface area contributed by atoms with E-state index in [-0.39, 0.29) is 11.1 Å². The van der Waals surface area contributed by atoms with Crippen molar-refractivity contribution in [1.82, 2.24) is 0 Å². The Hall–Kier alpha value is -2.28. The van der Waals surface area contributed by atoms with E-state index in [2.05, 4.69) is 11.8 Å². The first kappa shape index (κ1) is 17.1. The van der Waals surface area contributed by atoms with Crippen molar-refractivity contribution in [2.45, 2.75) is 44.4 Å². The molecule has 0 unspecified atom stereocenters. The molecule has 0 nitrogen and oxygen atoms in total. The lowest BCUT2D eigenvalue weighted by Crippen LogP contribution is -2.14. The van der Waals surface area contributed by atoms with Crippen LogP contribution in [0.5, 0.6) is 0 Å². The summed E-state index contributed by atoms with van der Waals surface area (Å²) in [5.41, 5.74) is 1.71. The van der Waals surface area contributed by atoms with Gasteiger partial charge in [0.1, 0.15) is 5.82 Å². The van der Waals surface area contributed by atoms with E-state index in [1.807, 2.05) is 6.07 Å². The number of halogens is 4. The van der Waals surface area contributed by atoms with Crippen LogP contribution in [-0.4, -0.2) is 0 Å². The first-order chi connectivity index (χ1) is 12.5. The summed E-state index contributed by atoms with van der Waals surface area (Å²) in [6, 6.07) is 6.61. The van der Waals surface area contributed by atoms with Crippen molar-refractivity contribution in [3.05, 3.63) is 70.3 Å². The molecule has 0 saturated heterocycles. The summed E-state index contributed by atoms with van der Waals surface area (Å²) in [6.45, 7) is 0. The summed E-state index contributed by atoms with van der Waals surface area (Å²) in [7, 11) is 0. The van der Waals surface area contributed by atoms with Crippen molar-refractivity contribution in [1.29, 1.82) is 0 Å². The van der Waals surface area contributed by atoms with Crippen LogP contribution in [0.15, 0.2) is 30.3 Å². The molecule has 26 heavy (non-hydrogen) atoms. The molecule has 0 aliphatic heterocycles. The maximum atomic E-state index is 14.4. The fourth-order valence-corrected chi connectivity index (χ4v) is 3.89. The molecule has 0 bridgehead atoms. The monoisotopic (exact) mass is 358 g/mol. The SMILES string of the molecule is Fc1cc(C2CCC3(CC2)CC3)ccc1C#Cc1cc(F)c(F)c(F)c1. The van der Waals surface area contributed by atoms with Gasteiger partial charge < -0.3 is 0 Å². The summed E-state index contributed by atoms with van der Waals surface area (Å²) < 4.78 is 53.7. The molecule has 0 atom stereocenters. The van der Waals surface area contributed by atoms with Gasteiger partial charge in [-0.3, -0.25) is 0 Å². The fraction of sp³-hybridized carbons (Fsp3) is 0.364. The Bertz CT molecular complexity index is 882. The molecule has 0 heterocycles. The summed E-state index contributed by atoms with van der Waals surface area (Å²) >= 11 is 0. The number of hydrogen-bond acceptors (Lipinski definition) is 0. The molecule has 0 N–H and O–H groups in total. The second-order valence-corrected chi connectivity index (χ2v) is 7.52. The predicted molar refractivity (Wildman–Crippen MR) is 91.6 cm³/mol. The molecule has 2 aliphatic rings. The molecule has 4 rings (SSSR count). The molecule has 2 saturated carbocycles. The van der Waals surface area contributed by atoms with Crippen molar-refractivity contribution in [3.8, 4) is 11.8 Å². The van der Waals surface area contributed by atoms with Gasteiger partial charge in [0.15, 0.2) is 17.5 Å². The van der Waals surface area contributed by atoms with E-state index >= 15 is 0 Å². The van der Waals surface area contributed by atoms with Gasteiger partial charge in [-0.25, -0.2) is 17.6 Å². The Morgan fingerprint density at radius 1 is 0.769 bits per heavy atom. The molecule has 1 spiro atoms. The number of rotatable bonds is 1. The molecule has 2 aliphatic carbocycles. The van der Waals surface area contributed by atoms with E-state index in [1.54, 1.807) is 6.07 Å². The zero-order chi connectivity index (χ0) is 18.3. The molecule has 134 valence electrons. The molecule has 0 radical (unpaired) electrons. The van der Waals surface area contributed by atoms with Crippen LogP contribution >= 0.6 is 0 Å². The van der Waals surface area contributed by atoms with Crippen LogP contribution in [0.3, 0.4) is 0 Å². The zero-order valence-electron chi connectivity index (χ0n) is 14.2. The Labute approximate surface area is 150 Å². The molecular formula is C22H18F4. The minimum Gasteiger partial charge on any atom is -0.206 e. The van der Waals surface area contributed by atoms with Crippen LogP contribution in [-0.2, 0) is 0 Å². The first-order valence-electron chi connectivity index (χ1n) is 8.92. The average molecular weight is 358 g/mol. The molecule has 2 fully saturated rings. The summed E-state index contributed by atoms with van der Waals surface area (Å²) in [6.07, 6.45) is 7.32. The van der Waals surface area contributed by atoms with E-state index in [0.717, 1.165) is 30.5 Å². The highest BCUT2D eigenvalue weighted by molar-refractivity contribution is 5.45.